The van der Waals surface area contributed by atoms with Crippen LogP contribution >= 0.6 is 11.9 Å². The van der Waals surface area contributed by atoms with E-state index in [1.54, 1.807) is 0 Å². The fraction of sp³-hybridized carbons (Fsp3) is 0.750. The number of amides is 1. The third-order valence-electron chi connectivity index (χ3n) is 1.06. The fourth-order valence-electron chi connectivity index (χ4n) is 0.660. The predicted octanol–water partition coefficient (Wildman–Crippen LogP) is -1.01. The number of rotatable bonds is 2. The highest BCUT2D eigenvalue weighted by Gasteiger charge is 2.16. The van der Waals surface area contributed by atoms with Crippen LogP contribution in [0.1, 0.15) is 6.42 Å². The first-order valence-electron chi connectivity index (χ1n) is 2.71. The molecule has 1 aliphatic rings. The van der Waals surface area contributed by atoms with E-state index in [2.05, 4.69) is 10.3 Å². The summed E-state index contributed by atoms with van der Waals surface area (Å²) >= 11 is 1.51. The van der Waals surface area contributed by atoms with Crippen LogP contribution in [-0.4, -0.2) is 17.7 Å². The minimum Gasteiger partial charge on any atom is -0.370 e. The second-order valence-corrected chi connectivity index (χ2v) is 3.00. The zero-order valence-electron chi connectivity index (χ0n) is 4.89. The van der Waals surface area contributed by atoms with Gasteiger partial charge in [0.2, 0.25) is 5.91 Å². The van der Waals surface area contributed by atoms with Crippen LogP contribution in [0.5, 0.6) is 0 Å². The smallest absolute Gasteiger partial charge is 0.218 e. The van der Waals surface area contributed by atoms with E-state index in [4.69, 9.17) is 5.73 Å². The molecule has 1 heterocycles. The third-order valence-corrected chi connectivity index (χ3v) is 1.99. The van der Waals surface area contributed by atoms with Gasteiger partial charge in [0.1, 0.15) is 0 Å². The van der Waals surface area contributed by atoms with E-state index in [0.717, 1.165) is 6.54 Å². The number of carbonyl (C=O) groups excluding carboxylic acids is 1. The summed E-state index contributed by atoms with van der Waals surface area (Å²) in [4.78, 5) is 13.1. The summed E-state index contributed by atoms with van der Waals surface area (Å²) in [5, 5.41) is 0.308. The molecule has 0 aromatic heterocycles. The highest BCUT2D eigenvalue weighted by molar-refractivity contribution is 7.98. The molecular formula is C4H9N3OS. The maximum atomic E-state index is 10.3. The average Bonchev–Trinajstić information content (AvgIpc) is 2.15. The Morgan fingerprint density at radius 3 is 3.11 bits per heavy atom. The van der Waals surface area contributed by atoms with Crippen molar-refractivity contribution in [2.24, 2.45) is 5.73 Å². The summed E-state index contributed by atoms with van der Waals surface area (Å²) in [7, 11) is 0. The van der Waals surface area contributed by atoms with Gasteiger partial charge in [-0.1, -0.05) is 11.9 Å². The first-order chi connectivity index (χ1) is 4.29. The number of primary amides is 1. The number of hydrogen-bond donors (Lipinski definition) is 3. The lowest BCUT2D eigenvalue weighted by Gasteiger charge is -1.99. The zero-order valence-corrected chi connectivity index (χ0v) is 5.70. The largest absolute Gasteiger partial charge is 0.370 e. The summed E-state index contributed by atoms with van der Waals surface area (Å²) in [6.45, 7) is 0.813. The maximum Gasteiger partial charge on any atom is 0.218 e. The lowest BCUT2D eigenvalue weighted by Crippen LogP contribution is -2.22. The molecule has 4 nitrogen and oxygen atoms in total. The summed E-state index contributed by atoms with van der Waals surface area (Å²) in [5.41, 5.74) is 7.85. The monoisotopic (exact) mass is 147 g/mol. The molecule has 1 atom stereocenters. The van der Waals surface area contributed by atoms with Crippen LogP contribution in [0, 0.1) is 0 Å². The van der Waals surface area contributed by atoms with Crippen LogP contribution in [0.15, 0.2) is 0 Å². The normalized spacial score (nSPS) is 26.4. The molecule has 0 aromatic rings. The van der Waals surface area contributed by atoms with E-state index in [1.165, 1.54) is 11.9 Å². The van der Waals surface area contributed by atoms with Crippen LogP contribution in [-0.2, 0) is 4.79 Å². The Bertz CT molecular complexity index is 112. The molecule has 1 unspecified atom stereocenters. The van der Waals surface area contributed by atoms with Crippen LogP contribution in [0.25, 0.3) is 0 Å². The molecule has 9 heavy (non-hydrogen) atoms. The topological polar surface area (TPSA) is 67.2 Å². The van der Waals surface area contributed by atoms with Crippen LogP contribution in [0.4, 0.5) is 0 Å². The van der Waals surface area contributed by atoms with Crippen molar-refractivity contribution in [2.45, 2.75) is 11.7 Å². The van der Waals surface area contributed by atoms with Gasteiger partial charge in [0.25, 0.3) is 0 Å². The van der Waals surface area contributed by atoms with Crippen molar-refractivity contribution in [2.75, 3.05) is 6.54 Å². The molecule has 1 aliphatic heterocycles. The second kappa shape index (κ2) is 3.05. The molecule has 0 aromatic carbocycles. The van der Waals surface area contributed by atoms with E-state index in [1.807, 2.05) is 0 Å². The Morgan fingerprint density at radius 2 is 2.67 bits per heavy atom. The van der Waals surface area contributed by atoms with Gasteiger partial charge in [-0.3, -0.25) is 4.79 Å². The van der Waals surface area contributed by atoms with Crippen molar-refractivity contribution in [3.8, 4) is 0 Å². The molecule has 1 rings (SSSR count). The first kappa shape index (κ1) is 6.85. The summed E-state index contributed by atoms with van der Waals surface area (Å²) in [5.74, 6) is -0.238. The molecule has 5 heteroatoms. The number of hydrogen-bond acceptors (Lipinski definition) is 4. The minimum atomic E-state index is -0.238. The lowest BCUT2D eigenvalue weighted by atomic mass is 10.3. The van der Waals surface area contributed by atoms with E-state index >= 15 is 0 Å². The number of carbonyl (C=O) groups is 1. The molecule has 0 saturated carbocycles. The molecule has 0 radical (unpaired) electrons. The van der Waals surface area contributed by atoms with Gasteiger partial charge in [0.05, 0.1) is 0 Å². The molecule has 0 bridgehead atoms. The summed E-state index contributed by atoms with van der Waals surface area (Å²) in [6.07, 6.45) is 0.449. The number of hydrazine groups is 1. The Morgan fingerprint density at radius 1 is 1.89 bits per heavy atom. The summed E-state index contributed by atoms with van der Waals surface area (Å²) in [6, 6.07) is 0. The molecule has 0 aliphatic carbocycles. The minimum absolute atomic E-state index is 0.238. The third kappa shape index (κ3) is 2.21. The van der Waals surface area contributed by atoms with Gasteiger partial charge in [-0.15, -0.1) is 0 Å². The molecule has 52 valence electrons. The van der Waals surface area contributed by atoms with Crippen LogP contribution in [0.2, 0.25) is 0 Å². The van der Waals surface area contributed by atoms with Gasteiger partial charge < -0.3 is 5.73 Å². The number of nitrogens with two attached hydrogens (primary N) is 1. The van der Waals surface area contributed by atoms with Gasteiger partial charge in [-0.2, -0.15) is 0 Å². The molecular weight excluding hydrogens is 138 g/mol. The van der Waals surface area contributed by atoms with Crippen molar-refractivity contribution >= 4 is 17.9 Å². The zero-order chi connectivity index (χ0) is 6.69. The molecule has 1 amide bonds. The van der Waals surface area contributed by atoms with Crippen molar-refractivity contribution in [3.63, 3.8) is 0 Å². The first-order valence-corrected chi connectivity index (χ1v) is 3.59. The fourth-order valence-corrected chi connectivity index (χ4v) is 1.41. The highest BCUT2D eigenvalue weighted by atomic mass is 32.2. The highest BCUT2D eigenvalue weighted by Crippen LogP contribution is 2.12. The molecule has 1 saturated heterocycles. The van der Waals surface area contributed by atoms with Gasteiger partial charge >= 0.3 is 0 Å². The van der Waals surface area contributed by atoms with Crippen molar-refractivity contribution in [1.82, 2.24) is 10.3 Å². The van der Waals surface area contributed by atoms with Gasteiger partial charge in [0.15, 0.2) is 0 Å². The Balaban J connectivity index is 2.19. The van der Waals surface area contributed by atoms with Crippen LogP contribution < -0.4 is 16.0 Å². The van der Waals surface area contributed by atoms with Gasteiger partial charge in [-0.05, 0) is 0 Å². The average molecular weight is 147 g/mol. The SMILES string of the molecule is NC(=O)CC1CNNS1. The van der Waals surface area contributed by atoms with Crippen molar-refractivity contribution in [3.05, 3.63) is 0 Å². The lowest BCUT2D eigenvalue weighted by molar-refractivity contribution is -0.117. The van der Waals surface area contributed by atoms with Gasteiger partial charge in [-0.25, -0.2) is 10.3 Å². The van der Waals surface area contributed by atoms with Gasteiger partial charge in [0, 0.05) is 18.2 Å². The second-order valence-electron chi connectivity index (χ2n) is 1.89. The Labute approximate surface area is 57.7 Å². The van der Waals surface area contributed by atoms with E-state index < -0.39 is 0 Å². The number of nitrogens with one attached hydrogen (secondary N) is 2. The van der Waals surface area contributed by atoms with Crippen LogP contribution in [0.3, 0.4) is 0 Å². The van der Waals surface area contributed by atoms with E-state index in [0.29, 0.717) is 11.7 Å². The van der Waals surface area contributed by atoms with E-state index in [9.17, 15) is 4.79 Å². The van der Waals surface area contributed by atoms with E-state index in [-0.39, 0.29) is 5.91 Å². The Kier molecular flexibility index (Phi) is 2.32. The summed E-state index contributed by atoms with van der Waals surface area (Å²) < 4.78 is 0. The molecule has 1 fully saturated rings. The van der Waals surface area contributed by atoms with Crippen molar-refractivity contribution < 1.29 is 4.79 Å². The maximum absolute atomic E-state index is 10.3. The molecule has 0 spiro atoms. The predicted molar refractivity (Wildman–Crippen MR) is 36.3 cm³/mol. The Hall–Kier alpha value is -0.260. The standard InChI is InChI=1S/C4H9N3OS/c5-4(8)1-3-2-6-7-9-3/h3,6-7H,1-2H2,(H2,5,8). The molecule has 4 N–H and O–H groups in total. The van der Waals surface area contributed by atoms with Crippen molar-refractivity contribution in [1.29, 1.82) is 0 Å². The quantitative estimate of drug-likeness (QED) is 0.438.